The Hall–Kier alpha value is -1.75. The van der Waals surface area contributed by atoms with Crippen molar-refractivity contribution in [3.63, 3.8) is 0 Å². The zero-order valence-corrected chi connectivity index (χ0v) is 16.3. The van der Waals surface area contributed by atoms with Crippen LogP contribution in [0, 0.1) is 12.3 Å². The summed E-state index contributed by atoms with van der Waals surface area (Å²) in [7, 11) is 3.50. The van der Waals surface area contributed by atoms with Crippen molar-refractivity contribution < 1.29 is 4.79 Å². The number of guanidine groups is 1. The SMILES string of the molecule is C#CCNC(=NCCc1cccc(C(=O)N(C)C)c1)NCC.I. The normalized spacial score (nSPS) is 10.3. The highest BCUT2D eigenvalue weighted by Gasteiger charge is 2.07. The van der Waals surface area contributed by atoms with E-state index >= 15 is 0 Å². The summed E-state index contributed by atoms with van der Waals surface area (Å²) in [6.45, 7) is 3.85. The second-order valence-corrected chi connectivity index (χ2v) is 4.97. The molecule has 1 amide bonds. The minimum absolute atomic E-state index is 0. The fourth-order valence-electron chi connectivity index (χ4n) is 1.89. The number of benzene rings is 1. The lowest BCUT2D eigenvalue weighted by molar-refractivity contribution is 0.0827. The molecule has 0 aromatic heterocycles. The van der Waals surface area contributed by atoms with Crippen molar-refractivity contribution in [1.29, 1.82) is 0 Å². The molecule has 0 radical (unpaired) electrons. The van der Waals surface area contributed by atoms with Crippen LogP contribution in [0.1, 0.15) is 22.8 Å². The van der Waals surface area contributed by atoms with Crippen LogP contribution >= 0.6 is 24.0 Å². The summed E-state index contributed by atoms with van der Waals surface area (Å²) in [6.07, 6.45) is 6.00. The number of hydrogen-bond acceptors (Lipinski definition) is 2. The van der Waals surface area contributed by atoms with Crippen LogP contribution in [-0.4, -0.2) is 50.5 Å². The van der Waals surface area contributed by atoms with Gasteiger partial charge in [-0.05, 0) is 31.0 Å². The lowest BCUT2D eigenvalue weighted by atomic mass is 10.1. The lowest BCUT2D eigenvalue weighted by Crippen LogP contribution is -2.37. The van der Waals surface area contributed by atoms with Crippen LogP contribution in [-0.2, 0) is 6.42 Å². The van der Waals surface area contributed by atoms with Crippen molar-refractivity contribution in [1.82, 2.24) is 15.5 Å². The molecule has 0 bridgehead atoms. The molecule has 0 spiro atoms. The Morgan fingerprint density at radius 1 is 1.35 bits per heavy atom. The quantitative estimate of drug-likeness (QED) is 0.314. The molecule has 5 nitrogen and oxygen atoms in total. The van der Waals surface area contributed by atoms with Gasteiger partial charge in [0.2, 0.25) is 0 Å². The van der Waals surface area contributed by atoms with E-state index in [0.29, 0.717) is 24.6 Å². The van der Waals surface area contributed by atoms with E-state index in [4.69, 9.17) is 6.42 Å². The van der Waals surface area contributed by atoms with Crippen molar-refractivity contribution in [2.24, 2.45) is 4.99 Å². The second-order valence-electron chi connectivity index (χ2n) is 4.97. The molecule has 0 heterocycles. The number of hydrogen-bond donors (Lipinski definition) is 2. The number of carbonyl (C=O) groups excluding carboxylic acids is 1. The van der Waals surface area contributed by atoms with Gasteiger partial charge in [-0.3, -0.25) is 9.79 Å². The minimum Gasteiger partial charge on any atom is -0.357 e. The number of nitrogens with zero attached hydrogens (tertiary/aromatic N) is 2. The van der Waals surface area contributed by atoms with Gasteiger partial charge >= 0.3 is 0 Å². The molecule has 2 N–H and O–H groups in total. The molecule has 0 saturated carbocycles. The number of amides is 1. The van der Waals surface area contributed by atoms with Crippen molar-refractivity contribution >= 4 is 35.8 Å². The number of carbonyl (C=O) groups is 1. The molecule has 0 atom stereocenters. The molecular formula is C17H25IN4O. The molecule has 0 fully saturated rings. The molecule has 0 unspecified atom stereocenters. The summed E-state index contributed by atoms with van der Waals surface area (Å²) in [5.41, 5.74) is 1.79. The maximum atomic E-state index is 11.9. The van der Waals surface area contributed by atoms with E-state index in [1.165, 1.54) is 0 Å². The smallest absolute Gasteiger partial charge is 0.253 e. The first-order chi connectivity index (χ1) is 10.6. The summed E-state index contributed by atoms with van der Waals surface area (Å²) in [6, 6.07) is 7.65. The molecule has 23 heavy (non-hydrogen) atoms. The Morgan fingerprint density at radius 3 is 2.70 bits per heavy atom. The van der Waals surface area contributed by atoms with Crippen molar-refractivity contribution in [3.05, 3.63) is 35.4 Å². The number of nitrogens with one attached hydrogen (secondary N) is 2. The molecule has 0 aliphatic carbocycles. The van der Waals surface area contributed by atoms with Crippen molar-refractivity contribution in [3.8, 4) is 12.3 Å². The Bertz CT molecular complexity index is 564. The molecule has 1 rings (SSSR count). The van der Waals surface area contributed by atoms with Gasteiger partial charge in [-0.2, -0.15) is 0 Å². The van der Waals surface area contributed by atoms with Gasteiger partial charge in [-0.15, -0.1) is 30.4 Å². The maximum absolute atomic E-state index is 11.9. The molecule has 126 valence electrons. The van der Waals surface area contributed by atoms with Crippen molar-refractivity contribution in [2.75, 3.05) is 33.7 Å². The number of aliphatic imine (C=N–C) groups is 1. The highest BCUT2D eigenvalue weighted by Crippen LogP contribution is 2.08. The van der Waals surface area contributed by atoms with Crippen LogP contribution in [0.5, 0.6) is 0 Å². The van der Waals surface area contributed by atoms with E-state index in [0.717, 1.165) is 18.5 Å². The summed E-state index contributed by atoms with van der Waals surface area (Å²) in [5, 5.41) is 6.17. The third kappa shape index (κ3) is 7.88. The molecule has 0 saturated heterocycles. The first-order valence-corrected chi connectivity index (χ1v) is 7.34. The van der Waals surface area contributed by atoms with Crippen LogP contribution in [0.4, 0.5) is 0 Å². The van der Waals surface area contributed by atoms with E-state index in [1.54, 1.807) is 19.0 Å². The molecule has 1 aromatic rings. The first-order valence-electron chi connectivity index (χ1n) is 7.34. The number of terminal acetylenes is 1. The van der Waals surface area contributed by atoms with Crippen LogP contribution in [0.25, 0.3) is 0 Å². The first kappa shape index (κ1) is 21.2. The molecule has 6 heteroatoms. The average molecular weight is 428 g/mol. The van der Waals surface area contributed by atoms with Gasteiger partial charge in [-0.25, -0.2) is 0 Å². The van der Waals surface area contributed by atoms with Gasteiger partial charge in [0.1, 0.15) is 0 Å². The number of halogens is 1. The largest absolute Gasteiger partial charge is 0.357 e. The highest BCUT2D eigenvalue weighted by molar-refractivity contribution is 14.0. The van der Waals surface area contributed by atoms with E-state index in [-0.39, 0.29) is 29.9 Å². The van der Waals surface area contributed by atoms with E-state index in [9.17, 15) is 4.79 Å². The third-order valence-corrected chi connectivity index (χ3v) is 2.95. The van der Waals surface area contributed by atoms with Crippen LogP contribution < -0.4 is 10.6 Å². The van der Waals surface area contributed by atoms with Gasteiger partial charge in [0, 0.05) is 32.7 Å². The summed E-state index contributed by atoms with van der Waals surface area (Å²) in [5.74, 6) is 3.24. The molecule has 1 aromatic carbocycles. The summed E-state index contributed by atoms with van der Waals surface area (Å²) < 4.78 is 0. The Labute approximate surface area is 156 Å². The Balaban J connectivity index is 0.00000484. The fraction of sp³-hybridized carbons (Fsp3) is 0.412. The standard InChI is InChI=1S/C17H24N4O.HI/c1-5-11-19-17(18-6-2)20-12-10-14-8-7-9-15(13-14)16(22)21(3)4;/h1,7-9,13H,6,10-12H2,2-4H3,(H2,18,19,20);1H. The van der Waals surface area contributed by atoms with Crippen LogP contribution in [0.3, 0.4) is 0 Å². The highest BCUT2D eigenvalue weighted by atomic mass is 127. The van der Waals surface area contributed by atoms with E-state index < -0.39 is 0 Å². The van der Waals surface area contributed by atoms with Gasteiger partial charge in [0.25, 0.3) is 5.91 Å². The van der Waals surface area contributed by atoms with Gasteiger partial charge in [-0.1, -0.05) is 18.1 Å². The van der Waals surface area contributed by atoms with Gasteiger partial charge < -0.3 is 15.5 Å². The summed E-state index contributed by atoms with van der Waals surface area (Å²) >= 11 is 0. The third-order valence-electron chi connectivity index (χ3n) is 2.95. The zero-order valence-electron chi connectivity index (χ0n) is 13.9. The van der Waals surface area contributed by atoms with E-state index in [2.05, 4.69) is 21.5 Å². The molecule has 0 aliphatic heterocycles. The topological polar surface area (TPSA) is 56.7 Å². The minimum atomic E-state index is 0. The Morgan fingerprint density at radius 2 is 2.09 bits per heavy atom. The van der Waals surface area contributed by atoms with Crippen LogP contribution in [0.15, 0.2) is 29.3 Å². The maximum Gasteiger partial charge on any atom is 0.253 e. The monoisotopic (exact) mass is 428 g/mol. The van der Waals surface area contributed by atoms with Gasteiger partial charge in [0.05, 0.1) is 6.54 Å². The number of rotatable bonds is 6. The molecular weight excluding hydrogens is 403 g/mol. The summed E-state index contributed by atoms with van der Waals surface area (Å²) in [4.78, 5) is 18.0. The predicted octanol–water partition coefficient (Wildman–Crippen LogP) is 1.74. The second kappa shape index (κ2) is 11.8. The molecule has 0 aliphatic rings. The van der Waals surface area contributed by atoms with E-state index in [1.807, 2.05) is 31.2 Å². The van der Waals surface area contributed by atoms with Crippen LogP contribution in [0.2, 0.25) is 0 Å². The zero-order chi connectivity index (χ0) is 16.4. The lowest BCUT2D eigenvalue weighted by Gasteiger charge is -2.11. The average Bonchev–Trinajstić information content (AvgIpc) is 2.52. The predicted molar refractivity (Wildman–Crippen MR) is 106 cm³/mol. The Kier molecular flexibility index (Phi) is 10.9. The van der Waals surface area contributed by atoms with Gasteiger partial charge in [0.15, 0.2) is 5.96 Å². The fourth-order valence-corrected chi connectivity index (χ4v) is 1.89. The van der Waals surface area contributed by atoms with Crippen molar-refractivity contribution in [2.45, 2.75) is 13.3 Å².